The summed E-state index contributed by atoms with van der Waals surface area (Å²) in [5, 5.41) is 14.5. The number of carboxylic acids is 1. The SMILES string of the molecule is CC(Nc1ccc(C(=O)O)cn1)C(=O)NC1CC1. The van der Waals surface area contributed by atoms with Gasteiger partial charge < -0.3 is 15.7 Å². The minimum atomic E-state index is -1.02. The van der Waals surface area contributed by atoms with E-state index in [2.05, 4.69) is 15.6 Å². The Labute approximate surface area is 104 Å². The van der Waals surface area contributed by atoms with Crippen LogP contribution < -0.4 is 10.6 Å². The van der Waals surface area contributed by atoms with Gasteiger partial charge in [-0.1, -0.05) is 0 Å². The van der Waals surface area contributed by atoms with Crippen molar-refractivity contribution in [2.45, 2.75) is 31.8 Å². The molecule has 1 fully saturated rings. The van der Waals surface area contributed by atoms with Crippen LogP contribution in [0.4, 0.5) is 5.82 Å². The van der Waals surface area contributed by atoms with Gasteiger partial charge in [0.2, 0.25) is 5.91 Å². The first kappa shape index (κ1) is 12.3. The number of carbonyl (C=O) groups excluding carboxylic acids is 1. The summed E-state index contributed by atoms with van der Waals surface area (Å²) in [4.78, 5) is 26.3. The molecule has 1 aromatic rings. The lowest BCUT2D eigenvalue weighted by molar-refractivity contribution is -0.121. The molecule has 0 bridgehead atoms. The molecule has 1 heterocycles. The van der Waals surface area contributed by atoms with Crippen molar-refractivity contribution in [1.82, 2.24) is 10.3 Å². The zero-order valence-corrected chi connectivity index (χ0v) is 10.0. The lowest BCUT2D eigenvalue weighted by Crippen LogP contribution is -2.38. The highest BCUT2D eigenvalue weighted by Gasteiger charge is 2.25. The van der Waals surface area contributed by atoms with Crippen molar-refractivity contribution < 1.29 is 14.7 Å². The van der Waals surface area contributed by atoms with Gasteiger partial charge in [-0.3, -0.25) is 4.79 Å². The molecule has 1 amide bonds. The standard InChI is InChI=1S/C12H15N3O3/c1-7(11(16)15-9-3-4-9)14-10-5-2-8(6-13-10)12(17)18/h2,5-7,9H,3-4H2,1H3,(H,13,14)(H,15,16)(H,17,18). The van der Waals surface area contributed by atoms with E-state index in [0.717, 1.165) is 12.8 Å². The van der Waals surface area contributed by atoms with Crippen molar-refractivity contribution >= 4 is 17.7 Å². The lowest BCUT2D eigenvalue weighted by Gasteiger charge is -2.14. The smallest absolute Gasteiger partial charge is 0.337 e. The van der Waals surface area contributed by atoms with Crippen LogP contribution in [-0.2, 0) is 4.79 Å². The van der Waals surface area contributed by atoms with Gasteiger partial charge in [-0.05, 0) is 31.9 Å². The van der Waals surface area contributed by atoms with E-state index < -0.39 is 12.0 Å². The summed E-state index contributed by atoms with van der Waals surface area (Å²) in [7, 11) is 0. The van der Waals surface area contributed by atoms with E-state index in [1.54, 1.807) is 13.0 Å². The molecular weight excluding hydrogens is 234 g/mol. The number of carbonyl (C=O) groups is 2. The average molecular weight is 249 g/mol. The molecule has 18 heavy (non-hydrogen) atoms. The average Bonchev–Trinajstić information content (AvgIpc) is 3.13. The van der Waals surface area contributed by atoms with E-state index >= 15 is 0 Å². The van der Waals surface area contributed by atoms with Gasteiger partial charge in [-0.2, -0.15) is 0 Å². The predicted molar refractivity (Wildman–Crippen MR) is 65.4 cm³/mol. The van der Waals surface area contributed by atoms with Crippen LogP contribution in [0, 0.1) is 0 Å². The molecule has 1 atom stereocenters. The lowest BCUT2D eigenvalue weighted by atomic mass is 10.2. The number of aromatic carboxylic acids is 1. The van der Waals surface area contributed by atoms with Crippen molar-refractivity contribution in [2.75, 3.05) is 5.32 Å². The van der Waals surface area contributed by atoms with Gasteiger partial charge in [0.05, 0.1) is 5.56 Å². The molecule has 6 nitrogen and oxygen atoms in total. The highest BCUT2D eigenvalue weighted by molar-refractivity contribution is 5.87. The summed E-state index contributed by atoms with van der Waals surface area (Å²) in [6.07, 6.45) is 3.35. The largest absolute Gasteiger partial charge is 0.478 e. The number of amides is 1. The second-order valence-electron chi connectivity index (χ2n) is 4.39. The first-order chi connectivity index (χ1) is 8.56. The van der Waals surface area contributed by atoms with E-state index in [9.17, 15) is 9.59 Å². The quantitative estimate of drug-likeness (QED) is 0.720. The third-order valence-electron chi connectivity index (χ3n) is 2.69. The van der Waals surface area contributed by atoms with Crippen molar-refractivity contribution in [3.63, 3.8) is 0 Å². The predicted octanol–water partition coefficient (Wildman–Crippen LogP) is 0.859. The Balaban J connectivity index is 1.91. The Morgan fingerprint density at radius 3 is 2.67 bits per heavy atom. The molecule has 0 radical (unpaired) electrons. The maximum absolute atomic E-state index is 11.7. The van der Waals surface area contributed by atoms with Crippen LogP contribution in [-0.4, -0.2) is 34.1 Å². The number of hydrogen-bond donors (Lipinski definition) is 3. The number of carboxylic acid groups (broad SMARTS) is 1. The van der Waals surface area contributed by atoms with Gasteiger partial charge in [0, 0.05) is 12.2 Å². The van der Waals surface area contributed by atoms with E-state index in [1.807, 2.05) is 0 Å². The van der Waals surface area contributed by atoms with Crippen LogP contribution in [0.25, 0.3) is 0 Å². The fourth-order valence-electron chi connectivity index (χ4n) is 1.45. The van der Waals surface area contributed by atoms with Gasteiger partial charge in [-0.15, -0.1) is 0 Å². The van der Waals surface area contributed by atoms with E-state index in [1.165, 1.54) is 12.3 Å². The fraction of sp³-hybridized carbons (Fsp3) is 0.417. The van der Waals surface area contributed by atoms with Gasteiger partial charge in [-0.25, -0.2) is 9.78 Å². The second-order valence-corrected chi connectivity index (χ2v) is 4.39. The molecule has 1 saturated carbocycles. The van der Waals surface area contributed by atoms with Crippen LogP contribution in [0.3, 0.4) is 0 Å². The first-order valence-electron chi connectivity index (χ1n) is 5.82. The van der Waals surface area contributed by atoms with Gasteiger partial charge in [0.1, 0.15) is 11.9 Å². The molecule has 1 aliphatic carbocycles. The minimum Gasteiger partial charge on any atom is -0.478 e. The molecule has 1 aromatic heterocycles. The van der Waals surface area contributed by atoms with Crippen molar-refractivity contribution in [3.05, 3.63) is 23.9 Å². The number of pyridine rings is 1. The number of hydrogen-bond acceptors (Lipinski definition) is 4. The molecule has 0 aromatic carbocycles. The van der Waals surface area contributed by atoms with Crippen LogP contribution in [0.1, 0.15) is 30.1 Å². The normalized spacial score (nSPS) is 15.8. The number of rotatable bonds is 5. The molecule has 0 aliphatic heterocycles. The van der Waals surface area contributed by atoms with Gasteiger partial charge in [0.25, 0.3) is 0 Å². The van der Waals surface area contributed by atoms with Crippen LogP contribution >= 0.6 is 0 Å². The fourth-order valence-corrected chi connectivity index (χ4v) is 1.45. The summed E-state index contributed by atoms with van der Waals surface area (Å²) in [5.41, 5.74) is 0.121. The van der Waals surface area contributed by atoms with E-state index in [4.69, 9.17) is 5.11 Å². The molecule has 6 heteroatoms. The molecule has 3 N–H and O–H groups in total. The zero-order chi connectivity index (χ0) is 13.1. The number of anilines is 1. The third-order valence-corrected chi connectivity index (χ3v) is 2.69. The molecular formula is C12H15N3O3. The van der Waals surface area contributed by atoms with Crippen molar-refractivity contribution in [2.24, 2.45) is 0 Å². The Bertz CT molecular complexity index is 454. The molecule has 0 saturated heterocycles. The highest BCUT2D eigenvalue weighted by atomic mass is 16.4. The monoisotopic (exact) mass is 249 g/mol. The minimum absolute atomic E-state index is 0.0680. The maximum atomic E-state index is 11.7. The Morgan fingerprint density at radius 2 is 2.17 bits per heavy atom. The summed E-state index contributed by atoms with van der Waals surface area (Å²) < 4.78 is 0. The Hall–Kier alpha value is -2.11. The van der Waals surface area contributed by atoms with Gasteiger partial charge in [0.15, 0.2) is 0 Å². The third kappa shape index (κ3) is 3.19. The van der Waals surface area contributed by atoms with Crippen LogP contribution in [0.5, 0.6) is 0 Å². The molecule has 2 rings (SSSR count). The molecule has 0 spiro atoms. The van der Waals surface area contributed by atoms with Crippen molar-refractivity contribution in [1.29, 1.82) is 0 Å². The summed E-state index contributed by atoms with van der Waals surface area (Å²) >= 11 is 0. The molecule has 1 unspecified atom stereocenters. The molecule has 96 valence electrons. The number of aromatic nitrogens is 1. The summed E-state index contributed by atoms with van der Waals surface area (Å²) in [5.74, 6) is -0.603. The second kappa shape index (κ2) is 5.03. The first-order valence-corrected chi connectivity index (χ1v) is 5.82. The summed E-state index contributed by atoms with van der Waals surface area (Å²) in [6, 6.07) is 2.92. The zero-order valence-electron chi connectivity index (χ0n) is 10.0. The number of nitrogens with one attached hydrogen (secondary N) is 2. The Kier molecular flexibility index (Phi) is 3.45. The highest BCUT2D eigenvalue weighted by Crippen LogP contribution is 2.18. The molecule has 1 aliphatic rings. The van der Waals surface area contributed by atoms with Crippen LogP contribution in [0.15, 0.2) is 18.3 Å². The summed E-state index contributed by atoms with van der Waals surface area (Å²) in [6.45, 7) is 1.74. The maximum Gasteiger partial charge on any atom is 0.337 e. The topological polar surface area (TPSA) is 91.3 Å². The number of nitrogens with zero attached hydrogens (tertiary/aromatic N) is 1. The van der Waals surface area contributed by atoms with E-state index in [-0.39, 0.29) is 11.5 Å². The van der Waals surface area contributed by atoms with E-state index in [0.29, 0.717) is 11.9 Å². The van der Waals surface area contributed by atoms with Crippen LogP contribution in [0.2, 0.25) is 0 Å². The van der Waals surface area contributed by atoms with Crippen molar-refractivity contribution in [3.8, 4) is 0 Å². The Morgan fingerprint density at radius 1 is 1.44 bits per heavy atom. The van der Waals surface area contributed by atoms with Gasteiger partial charge >= 0.3 is 5.97 Å².